The summed E-state index contributed by atoms with van der Waals surface area (Å²) >= 11 is 0. The van der Waals surface area contributed by atoms with E-state index in [0.717, 1.165) is 0 Å². The van der Waals surface area contributed by atoms with Gasteiger partial charge in [0, 0.05) is 24.5 Å². The zero-order chi connectivity index (χ0) is 19.3. The van der Waals surface area contributed by atoms with Crippen LogP contribution in [0.15, 0.2) is 48.8 Å². The van der Waals surface area contributed by atoms with Crippen molar-refractivity contribution in [3.63, 3.8) is 0 Å². The quantitative estimate of drug-likeness (QED) is 0.518. The van der Waals surface area contributed by atoms with Crippen molar-refractivity contribution in [1.29, 1.82) is 0 Å². The van der Waals surface area contributed by atoms with Crippen LogP contribution < -0.4 is 10.6 Å². The SMILES string of the molecule is O=C(NC[C@]1(O)CO[C@H](CNC(=O)c2ncccn2)[C@H]1O)c1ccccc1. The van der Waals surface area contributed by atoms with Gasteiger partial charge in [0.1, 0.15) is 17.8 Å². The van der Waals surface area contributed by atoms with E-state index in [9.17, 15) is 19.8 Å². The number of benzene rings is 1. The minimum atomic E-state index is -1.65. The lowest BCUT2D eigenvalue weighted by Gasteiger charge is -2.26. The van der Waals surface area contributed by atoms with Crippen LogP contribution in [0.4, 0.5) is 0 Å². The maximum atomic E-state index is 12.1. The van der Waals surface area contributed by atoms with Crippen LogP contribution in [0.1, 0.15) is 21.0 Å². The van der Waals surface area contributed by atoms with Crippen LogP contribution in [-0.4, -0.2) is 69.5 Å². The molecule has 4 N–H and O–H groups in total. The van der Waals surface area contributed by atoms with Crippen LogP contribution in [0.3, 0.4) is 0 Å². The fourth-order valence-electron chi connectivity index (χ4n) is 2.71. The smallest absolute Gasteiger partial charge is 0.289 e. The second-order valence-corrected chi connectivity index (χ2v) is 6.23. The number of aliphatic hydroxyl groups is 2. The number of aliphatic hydroxyl groups excluding tert-OH is 1. The molecule has 0 saturated carbocycles. The van der Waals surface area contributed by atoms with Crippen LogP contribution in [0.2, 0.25) is 0 Å². The van der Waals surface area contributed by atoms with Gasteiger partial charge in [0.2, 0.25) is 5.82 Å². The van der Waals surface area contributed by atoms with Crippen molar-refractivity contribution in [2.75, 3.05) is 19.7 Å². The van der Waals surface area contributed by atoms with Gasteiger partial charge in [0.05, 0.1) is 13.2 Å². The number of nitrogens with zero attached hydrogens (tertiary/aromatic N) is 2. The molecule has 142 valence electrons. The Balaban J connectivity index is 1.51. The van der Waals surface area contributed by atoms with Crippen LogP contribution in [0, 0.1) is 0 Å². The predicted molar refractivity (Wildman–Crippen MR) is 93.8 cm³/mol. The zero-order valence-electron chi connectivity index (χ0n) is 14.4. The molecule has 1 aliphatic rings. The summed E-state index contributed by atoms with van der Waals surface area (Å²) < 4.78 is 5.40. The molecule has 27 heavy (non-hydrogen) atoms. The first-order chi connectivity index (χ1) is 13.0. The highest BCUT2D eigenvalue weighted by atomic mass is 16.5. The van der Waals surface area contributed by atoms with E-state index >= 15 is 0 Å². The van der Waals surface area contributed by atoms with Gasteiger partial charge in [-0.05, 0) is 18.2 Å². The molecule has 1 fully saturated rings. The van der Waals surface area contributed by atoms with Crippen LogP contribution >= 0.6 is 0 Å². The predicted octanol–water partition coefficient (Wildman–Crippen LogP) is -0.873. The summed E-state index contributed by atoms with van der Waals surface area (Å²) in [5, 5.41) is 26.1. The Kier molecular flexibility index (Phi) is 5.75. The molecule has 9 heteroatoms. The standard InChI is InChI=1S/C18H20N4O5/c23-14-13(9-21-17(25)15-19-7-4-8-20-15)27-11-18(14,26)10-22-16(24)12-5-2-1-3-6-12/h1-8,13-14,23,26H,9-11H2,(H,21,25)(H,22,24)/t13-,14-,18+/m1/s1. The first kappa shape index (κ1) is 18.9. The van der Waals surface area contributed by atoms with Crippen molar-refractivity contribution < 1.29 is 24.5 Å². The second kappa shape index (κ2) is 8.21. The van der Waals surface area contributed by atoms with Crippen molar-refractivity contribution in [3.05, 3.63) is 60.2 Å². The van der Waals surface area contributed by atoms with Gasteiger partial charge in [0.25, 0.3) is 11.8 Å². The van der Waals surface area contributed by atoms with E-state index in [2.05, 4.69) is 20.6 Å². The van der Waals surface area contributed by atoms with Gasteiger partial charge >= 0.3 is 0 Å². The molecule has 9 nitrogen and oxygen atoms in total. The number of carbonyl (C=O) groups is 2. The molecule has 0 aliphatic carbocycles. The van der Waals surface area contributed by atoms with Crippen LogP contribution in [0.5, 0.6) is 0 Å². The monoisotopic (exact) mass is 372 g/mol. The number of aromatic nitrogens is 2. The van der Waals surface area contributed by atoms with Crippen molar-refractivity contribution in [3.8, 4) is 0 Å². The summed E-state index contributed by atoms with van der Waals surface area (Å²) in [4.78, 5) is 31.7. The lowest BCUT2D eigenvalue weighted by Crippen LogP contribution is -2.53. The summed E-state index contributed by atoms with van der Waals surface area (Å²) in [7, 11) is 0. The number of ether oxygens (including phenoxy) is 1. The highest BCUT2D eigenvalue weighted by Gasteiger charge is 2.48. The summed E-state index contributed by atoms with van der Waals surface area (Å²) in [5.74, 6) is -0.885. The normalized spacial score (nSPS) is 24.4. The molecule has 0 radical (unpaired) electrons. The third-order valence-electron chi connectivity index (χ3n) is 4.27. The molecule has 1 aliphatic heterocycles. The van der Waals surface area contributed by atoms with Crippen LogP contribution in [0.25, 0.3) is 0 Å². The average molecular weight is 372 g/mol. The van der Waals surface area contributed by atoms with E-state index in [1.165, 1.54) is 12.4 Å². The van der Waals surface area contributed by atoms with Gasteiger partial charge < -0.3 is 25.6 Å². The van der Waals surface area contributed by atoms with Gasteiger partial charge in [-0.3, -0.25) is 9.59 Å². The summed E-state index contributed by atoms with van der Waals surface area (Å²) in [6.07, 6.45) is 0.774. The lowest BCUT2D eigenvalue weighted by molar-refractivity contribution is -0.0464. The number of amides is 2. The fourth-order valence-corrected chi connectivity index (χ4v) is 2.71. The molecule has 1 aromatic heterocycles. The van der Waals surface area contributed by atoms with Crippen molar-refractivity contribution in [2.24, 2.45) is 0 Å². The minimum Gasteiger partial charge on any atom is -0.387 e. The van der Waals surface area contributed by atoms with Gasteiger partial charge in [-0.1, -0.05) is 18.2 Å². The second-order valence-electron chi connectivity index (χ2n) is 6.23. The average Bonchev–Trinajstić information content (AvgIpc) is 3.00. The van der Waals surface area contributed by atoms with Gasteiger partial charge in [-0.15, -0.1) is 0 Å². The molecule has 1 saturated heterocycles. The largest absolute Gasteiger partial charge is 0.387 e. The molecule has 3 atom stereocenters. The van der Waals surface area contributed by atoms with Gasteiger partial charge in [-0.2, -0.15) is 0 Å². The zero-order valence-corrected chi connectivity index (χ0v) is 14.4. The lowest BCUT2D eigenvalue weighted by atomic mass is 9.96. The molecule has 2 heterocycles. The summed E-state index contributed by atoms with van der Waals surface area (Å²) in [5.41, 5.74) is -1.20. The minimum absolute atomic E-state index is 0.00428. The summed E-state index contributed by atoms with van der Waals surface area (Å²) in [6, 6.07) is 10.1. The first-order valence-corrected chi connectivity index (χ1v) is 8.40. The molecule has 3 rings (SSSR count). The first-order valence-electron chi connectivity index (χ1n) is 8.40. The Morgan fingerprint density at radius 1 is 1.11 bits per heavy atom. The molecule has 2 amide bonds. The Morgan fingerprint density at radius 3 is 2.52 bits per heavy atom. The maximum Gasteiger partial charge on any atom is 0.289 e. The van der Waals surface area contributed by atoms with E-state index in [-0.39, 0.29) is 31.4 Å². The van der Waals surface area contributed by atoms with E-state index in [1.807, 2.05) is 0 Å². The van der Waals surface area contributed by atoms with Crippen molar-refractivity contribution in [1.82, 2.24) is 20.6 Å². The van der Waals surface area contributed by atoms with E-state index in [4.69, 9.17) is 4.74 Å². The number of hydrogen-bond acceptors (Lipinski definition) is 7. The Bertz CT molecular complexity index is 789. The van der Waals surface area contributed by atoms with E-state index in [0.29, 0.717) is 5.56 Å². The van der Waals surface area contributed by atoms with Crippen LogP contribution in [-0.2, 0) is 4.74 Å². The van der Waals surface area contributed by atoms with Crippen molar-refractivity contribution in [2.45, 2.75) is 17.8 Å². The molecule has 2 aromatic rings. The fraction of sp³-hybridized carbons (Fsp3) is 0.333. The molecular formula is C18H20N4O5. The summed E-state index contributed by atoms with van der Waals surface area (Å²) in [6.45, 7) is -0.396. The van der Waals surface area contributed by atoms with Gasteiger partial charge in [0.15, 0.2) is 0 Å². The molecule has 0 spiro atoms. The highest BCUT2D eigenvalue weighted by Crippen LogP contribution is 2.24. The Labute approximate surface area is 155 Å². The number of nitrogens with one attached hydrogen (secondary N) is 2. The highest BCUT2D eigenvalue weighted by molar-refractivity contribution is 5.94. The molecule has 0 unspecified atom stereocenters. The van der Waals surface area contributed by atoms with Crippen molar-refractivity contribution >= 4 is 11.8 Å². The molecular weight excluding hydrogens is 352 g/mol. The Hall–Kier alpha value is -2.88. The molecule has 1 aromatic carbocycles. The third kappa shape index (κ3) is 4.45. The molecule has 0 bridgehead atoms. The third-order valence-corrected chi connectivity index (χ3v) is 4.27. The number of carbonyl (C=O) groups excluding carboxylic acids is 2. The maximum absolute atomic E-state index is 12.1. The Morgan fingerprint density at radius 2 is 1.81 bits per heavy atom. The van der Waals surface area contributed by atoms with E-state index in [1.54, 1.807) is 36.4 Å². The number of hydrogen-bond donors (Lipinski definition) is 4. The number of rotatable bonds is 6. The van der Waals surface area contributed by atoms with E-state index < -0.39 is 23.7 Å². The topological polar surface area (TPSA) is 134 Å². The van der Waals surface area contributed by atoms with Gasteiger partial charge in [-0.25, -0.2) is 9.97 Å².